The quantitative estimate of drug-likeness (QED) is 0.156. The van der Waals surface area contributed by atoms with Crippen LogP contribution in [-0.2, 0) is 10.1 Å². The Hall–Kier alpha value is -4.37. The van der Waals surface area contributed by atoms with E-state index in [0.717, 1.165) is 18.2 Å². The van der Waals surface area contributed by atoms with Crippen LogP contribution in [-0.4, -0.2) is 37.0 Å². The molecule has 3 rings (SSSR count). The summed E-state index contributed by atoms with van der Waals surface area (Å²) in [5.41, 5.74) is 2.23. The number of nitrogens with one attached hydrogen (secondary N) is 1. The van der Waals surface area contributed by atoms with Gasteiger partial charge in [0.2, 0.25) is 0 Å². The Labute approximate surface area is 218 Å². The van der Waals surface area contributed by atoms with Gasteiger partial charge in [-0.05, 0) is 58.7 Å². The lowest BCUT2D eigenvalue weighted by Gasteiger charge is -2.14. The second-order valence-corrected chi connectivity index (χ2v) is 9.46. The van der Waals surface area contributed by atoms with Crippen molar-refractivity contribution >= 4 is 49.5 Å². The number of nitrogens with zero attached hydrogens (tertiary/aromatic N) is 3. The topological polar surface area (TPSA) is 180 Å². The molecule has 0 aliphatic rings. The van der Waals surface area contributed by atoms with E-state index in [0.29, 0.717) is 5.56 Å². The van der Waals surface area contributed by atoms with Crippen LogP contribution in [0.3, 0.4) is 0 Å². The van der Waals surface area contributed by atoms with E-state index in [1.54, 1.807) is 6.92 Å². The molecule has 1 amide bonds. The molecule has 0 radical (unpaired) electrons. The molecular formula is C22H17BrN4O9S. The first-order valence-electron chi connectivity index (χ1n) is 10.2. The molecule has 1 N–H and O–H groups in total. The van der Waals surface area contributed by atoms with Gasteiger partial charge in [-0.1, -0.05) is 6.07 Å². The third kappa shape index (κ3) is 6.86. The highest BCUT2D eigenvalue weighted by Gasteiger charge is 2.24. The lowest BCUT2D eigenvalue weighted by molar-refractivity contribution is -0.385. The number of hydrogen-bond donors (Lipinski definition) is 1. The molecule has 15 heteroatoms. The van der Waals surface area contributed by atoms with Crippen LogP contribution in [0, 0.1) is 20.2 Å². The maximum absolute atomic E-state index is 12.8. The molecule has 0 aliphatic carbocycles. The molecule has 0 spiro atoms. The minimum Gasteiger partial charge on any atom is -0.490 e. The van der Waals surface area contributed by atoms with Crippen LogP contribution in [0.1, 0.15) is 22.8 Å². The minimum atomic E-state index is -4.46. The highest BCUT2D eigenvalue weighted by molar-refractivity contribution is 9.10. The third-order valence-electron chi connectivity index (χ3n) is 4.56. The van der Waals surface area contributed by atoms with Crippen LogP contribution in [0.2, 0.25) is 0 Å². The number of benzene rings is 3. The molecule has 0 aromatic heterocycles. The number of carbonyl (C=O) groups excluding carboxylic acids is 1. The number of amides is 1. The van der Waals surface area contributed by atoms with Crippen molar-refractivity contribution in [3.63, 3.8) is 0 Å². The normalized spacial score (nSPS) is 11.2. The fourth-order valence-corrected chi connectivity index (χ4v) is 4.53. The molecule has 0 fully saturated rings. The summed E-state index contributed by atoms with van der Waals surface area (Å²) in [4.78, 5) is 32.2. The lowest BCUT2D eigenvalue weighted by atomic mass is 10.2. The van der Waals surface area contributed by atoms with E-state index in [1.165, 1.54) is 48.7 Å². The van der Waals surface area contributed by atoms with Gasteiger partial charge in [-0.3, -0.25) is 25.0 Å². The minimum absolute atomic E-state index is 0.0222. The van der Waals surface area contributed by atoms with Gasteiger partial charge < -0.3 is 8.92 Å². The Balaban J connectivity index is 1.81. The highest BCUT2D eigenvalue weighted by Crippen LogP contribution is 2.38. The van der Waals surface area contributed by atoms with E-state index in [9.17, 15) is 33.4 Å². The smallest absolute Gasteiger partial charge is 0.339 e. The van der Waals surface area contributed by atoms with Gasteiger partial charge in [0, 0.05) is 29.8 Å². The molecule has 13 nitrogen and oxygen atoms in total. The number of ether oxygens (including phenoxy) is 1. The predicted octanol–water partition coefficient (Wildman–Crippen LogP) is 4.20. The molecule has 0 atom stereocenters. The van der Waals surface area contributed by atoms with Crippen molar-refractivity contribution in [3.8, 4) is 11.5 Å². The summed E-state index contributed by atoms with van der Waals surface area (Å²) >= 11 is 3.23. The van der Waals surface area contributed by atoms with Gasteiger partial charge in [-0.15, -0.1) is 0 Å². The van der Waals surface area contributed by atoms with Crippen LogP contribution in [0.5, 0.6) is 11.5 Å². The highest BCUT2D eigenvalue weighted by atomic mass is 79.9. The van der Waals surface area contributed by atoms with E-state index in [4.69, 9.17) is 8.92 Å². The van der Waals surface area contributed by atoms with Crippen LogP contribution < -0.4 is 14.3 Å². The second-order valence-electron chi connectivity index (χ2n) is 7.06. The van der Waals surface area contributed by atoms with E-state index >= 15 is 0 Å². The average molecular weight is 593 g/mol. The number of rotatable bonds is 10. The van der Waals surface area contributed by atoms with E-state index in [2.05, 4.69) is 26.5 Å². The first-order valence-corrected chi connectivity index (χ1v) is 12.4. The third-order valence-corrected chi connectivity index (χ3v) is 6.37. The van der Waals surface area contributed by atoms with Crippen molar-refractivity contribution < 1.29 is 32.0 Å². The second kappa shape index (κ2) is 11.6. The van der Waals surface area contributed by atoms with Crippen molar-refractivity contribution in [2.75, 3.05) is 6.61 Å². The SMILES string of the molecule is CCOc1cc(/C=N\NC(=O)c2ccc([N+](=O)[O-])cc2)cc(Br)c1OS(=O)(=O)c1cccc([N+](=O)[O-])c1. The molecular weight excluding hydrogens is 576 g/mol. The molecule has 37 heavy (non-hydrogen) atoms. The number of carbonyl (C=O) groups is 1. The number of hydrazone groups is 1. The fraction of sp³-hybridized carbons (Fsp3) is 0.0909. The number of halogens is 1. The number of nitro groups is 2. The van der Waals surface area contributed by atoms with Gasteiger partial charge >= 0.3 is 10.1 Å². The van der Waals surface area contributed by atoms with Crippen LogP contribution in [0.4, 0.5) is 11.4 Å². The zero-order valence-corrected chi connectivity index (χ0v) is 21.3. The van der Waals surface area contributed by atoms with Crippen molar-refractivity contribution in [1.82, 2.24) is 5.43 Å². The average Bonchev–Trinajstić information content (AvgIpc) is 2.86. The summed E-state index contributed by atoms with van der Waals surface area (Å²) in [5.74, 6) is -0.785. The predicted molar refractivity (Wildman–Crippen MR) is 134 cm³/mol. The van der Waals surface area contributed by atoms with E-state index < -0.39 is 36.5 Å². The van der Waals surface area contributed by atoms with E-state index in [1.807, 2.05) is 0 Å². The molecule has 0 heterocycles. The first-order chi connectivity index (χ1) is 17.5. The summed E-state index contributed by atoms with van der Waals surface area (Å²) in [6, 6.07) is 12.2. The van der Waals surface area contributed by atoms with Crippen LogP contribution in [0.15, 0.2) is 75.1 Å². The molecule has 0 unspecified atom stereocenters. The Morgan fingerprint density at radius 1 is 1.05 bits per heavy atom. The standard InChI is InChI=1S/C22H17BrN4O9S/c1-2-35-20-11-14(13-24-25-22(28)15-6-8-16(9-7-15)26(29)30)10-19(23)21(20)36-37(33,34)18-5-3-4-17(12-18)27(31)32/h3-13H,2H2,1H3,(H,25,28)/b24-13-. The Bertz CT molecular complexity index is 1490. The molecule has 3 aromatic rings. The number of nitro benzene ring substituents is 2. The van der Waals surface area contributed by atoms with Gasteiger partial charge in [-0.2, -0.15) is 13.5 Å². The van der Waals surface area contributed by atoms with Crippen molar-refractivity contribution in [1.29, 1.82) is 0 Å². The van der Waals surface area contributed by atoms with Crippen molar-refractivity contribution in [3.05, 3.63) is 96.5 Å². The fourth-order valence-electron chi connectivity index (χ4n) is 2.88. The van der Waals surface area contributed by atoms with Gasteiger partial charge in [-0.25, -0.2) is 5.43 Å². The summed E-state index contributed by atoms with van der Waals surface area (Å²) < 4.78 is 36.5. The lowest BCUT2D eigenvalue weighted by Crippen LogP contribution is -2.17. The zero-order chi connectivity index (χ0) is 27.2. The number of hydrogen-bond acceptors (Lipinski definition) is 10. The van der Waals surface area contributed by atoms with Crippen molar-refractivity contribution in [2.24, 2.45) is 5.10 Å². The molecule has 192 valence electrons. The van der Waals surface area contributed by atoms with Gasteiger partial charge in [0.25, 0.3) is 17.3 Å². The summed E-state index contributed by atoms with van der Waals surface area (Å²) in [5, 5.41) is 25.6. The molecule has 0 bridgehead atoms. The van der Waals surface area contributed by atoms with Gasteiger partial charge in [0.05, 0.1) is 27.1 Å². The van der Waals surface area contributed by atoms with E-state index in [-0.39, 0.29) is 33.8 Å². The van der Waals surface area contributed by atoms with Gasteiger partial charge in [0.15, 0.2) is 11.5 Å². The van der Waals surface area contributed by atoms with Crippen molar-refractivity contribution in [2.45, 2.75) is 11.8 Å². The number of non-ortho nitro benzene ring substituents is 2. The molecule has 0 saturated heterocycles. The molecule has 0 aliphatic heterocycles. The van der Waals surface area contributed by atoms with Gasteiger partial charge in [0.1, 0.15) is 4.90 Å². The Morgan fingerprint density at radius 2 is 1.73 bits per heavy atom. The monoisotopic (exact) mass is 592 g/mol. The zero-order valence-electron chi connectivity index (χ0n) is 18.9. The maximum atomic E-state index is 12.8. The Kier molecular flexibility index (Phi) is 8.52. The summed E-state index contributed by atoms with van der Waals surface area (Å²) in [6.07, 6.45) is 1.26. The largest absolute Gasteiger partial charge is 0.490 e. The summed E-state index contributed by atoms with van der Waals surface area (Å²) in [7, 11) is -4.46. The first kappa shape index (κ1) is 27.2. The maximum Gasteiger partial charge on any atom is 0.339 e. The molecule has 0 saturated carbocycles. The van der Waals surface area contributed by atoms with Crippen LogP contribution >= 0.6 is 15.9 Å². The van der Waals surface area contributed by atoms with Crippen LogP contribution in [0.25, 0.3) is 0 Å². The molecule has 3 aromatic carbocycles. The Morgan fingerprint density at radius 3 is 2.35 bits per heavy atom. The summed E-state index contributed by atoms with van der Waals surface area (Å²) in [6.45, 7) is 1.81.